The number of aromatic nitrogens is 3. The predicted molar refractivity (Wildman–Crippen MR) is 231 cm³/mol. The van der Waals surface area contributed by atoms with Crippen molar-refractivity contribution >= 4 is 40.5 Å². The van der Waals surface area contributed by atoms with Crippen LogP contribution in [0.1, 0.15) is 52.1 Å². The molecular formula is C42H62ClN5O13S. The largest absolute Gasteiger partial charge is 0.481 e. The van der Waals surface area contributed by atoms with Gasteiger partial charge < -0.3 is 57.8 Å². The van der Waals surface area contributed by atoms with Gasteiger partial charge in [0, 0.05) is 27.6 Å². The van der Waals surface area contributed by atoms with E-state index < -0.39 is 12.0 Å². The van der Waals surface area contributed by atoms with Gasteiger partial charge in [-0.15, -0.1) is 21.5 Å². The van der Waals surface area contributed by atoms with Gasteiger partial charge in [-0.1, -0.05) is 23.7 Å². The van der Waals surface area contributed by atoms with Crippen LogP contribution in [-0.4, -0.2) is 176 Å². The van der Waals surface area contributed by atoms with Gasteiger partial charge in [0.2, 0.25) is 5.91 Å². The number of ether oxygens (including phenoxy) is 10. The van der Waals surface area contributed by atoms with Gasteiger partial charge >= 0.3 is 5.97 Å². The number of amides is 1. The normalized spacial score (nSPS) is 13.5. The molecule has 0 bridgehead atoms. The lowest BCUT2D eigenvalue weighted by Gasteiger charge is -2.13. The molecule has 2 aromatic heterocycles. The van der Waals surface area contributed by atoms with Gasteiger partial charge in [0.25, 0.3) is 0 Å². The van der Waals surface area contributed by atoms with Crippen molar-refractivity contribution in [2.75, 3.05) is 139 Å². The summed E-state index contributed by atoms with van der Waals surface area (Å²) in [5.41, 5.74) is 3.88. The van der Waals surface area contributed by atoms with Crippen LogP contribution in [0, 0.1) is 20.8 Å². The highest BCUT2D eigenvalue weighted by molar-refractivity contribution is 7.15. The fourth-order valence-electron chi connectivity index (χ4n) is 5.88. The molecule has 1 atom stereocenters. The fourth-order valence-corrected chi connectivity index (χ4v) is 7.22. The third kappa shape index (κ3) is 19.1. The summed E-state index contributed by atoms with van der Waals surface area (Å²) in [5.74, 6) is 0.336. The number of carbonyl (C=O) groups excluding carboxylic acids is 1. The number of carbonyl (C=O) groups is 2. The molecule has 0 aliphatic carbocycles. The van der Waals surface area contributed by atoms with Crippen molar-refractivity contribution in [3.8, 4) is 5.00 Å². The second kappa shape index (κ2) is 30.6. The highest BCUT2D eigenvalue weighted by Gasteiger charge is 2.32. The Balaban J connectivity index is 0.913. The molecule has 62 heavy (non-hydrogen) atoms. The number of nitrogens with zero attached hydrogens (tertiary/aromatic N) is 4. The molecule has 3 aromatic rings. The number of thiophene rings is 1. The van der Waals surface area contributed by atoms with Crippen LogP contribution in [0.5, 0.6) is 0 Å². The summed E-state index contributed by atoms with van der Waals surface area (Å²) in [5, 5.41) is 21.9. The highest BCUT2D eigenvalue weighted by atomic mass is 35.5. The molecule has 4 rings (SSSR count). The van der Waals surface area contributed by atoms with E-state index in [9.17, 15) is 9.59 Å². The summed E-state index contributed by atoms with van der Waals surface area (Å²) in [4.78, 5) is 29.9. The number of carboxylic acids is 1. The van der Waals surface area contributed by atoms with Crippen molar-refractivity contribution in [1.82, 2.24) is 20.1 Å². The van der Waals surface area contributed by atoms with E-state index in [1.165, 1.54) is 4.88 Å². The van der Waals surface area contributed by atoms with Crippen LogP contribution in [0.3, 0.4) is 0 Å². The maximum Gasteiger partial charge on any atom is 0.305 e. The number of benzene rings is 1. The third-order valence-electron chi connectivity index (χ3n) is 9.11. The smallest absolute Gasteiger partial charge is 0.305 e. The summed E-state index contributed by atoms with van der Waals surface area (Å²) in [7, 11) is 0. The Hall–Kier alpha value is -3.44. The second-order valence-corrected chi connectivity index (χ2v) is 15.4. The second-order valence-electron chi connectivity index (χ2n) is 13.7. The zero-order valence-electron chi connectivity index (χ0n) is 36.1. The maximum absolute atomic E-state index is 13.2. The number of rotatable bonds is 36. The lowest BCUT2D eigenvalue weighted by molar-refractivity contribution is -0.138. The molecule has 0 saturated heterocycles. The summed E-state index contributed by atoms with van der Waals surface area (Å²) < 4.78 is 56.6. The number of aryl methyl sites for hydroxylation is 2. The molecule has 18 nitrogen and oxygen atoms in total. The number of aliphatic carboxylic acids is 1. The Bertz CT molecular complexity index is 1760. The molecule has 0 saturated carbocycles. The van der Waals surface area contributed by atoms with E-state index in [4.69, 9.17) is 69.1 Å². The molecule has 2 N–H and O–H groups in total. The number of halogens is 1. The minimum Gasteiger partial charge on any atom is -0.481 e. The minimum atomic E-state index is -0.880. The molecular weight excluding hydrogens is 850 g/mol. The average molecular weight is 912 g/mol. The molecule has 0 fully saturated rings. The van der Waals surface area contributed by atoms with Crippen LogP contribution in [0.2, 0.25) is 5.02 Å². The van der Waals surface area contributed by atoms with Crippen LogP contribution >= 0.6 is 22.9 Å². The lowest BCUT2D eigenvalue weighted by atomic mass is 9.99. The predicted octanol–water partition coefficient (Wildman–Crippen LogP) is 3.95. The Labute approximate surface area is 372 Å². The van der Waals surface area contributed by atoms with E-state index >= 15 is 0 Å². The first-order valence-electron chi connectivity index (χ1n) is 20.9. The Kier molecular flexibility index (Phi) is 25.3. The van der Waals surface area contributed by atoms with Gasteiger partial charge in [-0.2, -0.15) is 0 Å². The van der Waals surface area contributed by atoms with Gasteiger partial charge in [0.05, 0.1) is 151 Å². The standard InChI is InChI=1S/C42H62ClN5O13S/c1-31-32(2)62-42-39(31)40(34-4-6-35(43)7-5-34)45-36(41-47-46-33(3)48(41)42)30-37(49)44-9-11-53-13-15-55-17-19-57-21-23-59-25-27-61-29-28-60-26-24-58-22-20-56-18-16-54-14-12-52-10-8-38(50)51/h4-7,36H,8-30H2,1-3H3,(H,44,49)(H,50,51)/t36-/m0/s1. The Morgan fingerprint density at radius 3 is 1.55 bits per heavy atom. The molecule has 346 valence electrons. The SMILES string of the molecule is Cc1sc2c(c1C)C(c1ccc(Cl)cc1)=N[C@@H](CC(=O)NCCOCCOCCOCCOCCOCCOCCOCCOCCOCCOCCC(=O)O)c1nnc(C)n1-2. The average Bonchev–Trinajstić information content (AvgIpc) is 3.73. The summed E-state index contributed by atoms with van der Waals surface area (Å²) in [6.07, 6.45) is 0.0961. The summed E-state index contributed by atoms with van der Waals surface area (Å²) >= 11 is 7.88. The zero-order chi connectivity index (χ0) is 44.2. The maximum atomic E-state index is 13.2. The van der Waals surface area contributed by atoms with E-state index in [1.54, 1.807) is 11.3 Å². The number of hydrogen-bond acceptors (Lipinski definition) is 16. The molecule has 0 radical (unpaired) electrons. The van der Waals surface area contributed by atoms with Gasteiger partial charge in [-0.05, 0) is 38.5 Å². The van der Waals surface area contributed by atoms with Gasteiger partial charge in [-0.25, -0.2) is 0 Å². The van der Waals surface area contributed by atoms with E-state index in [-0.39, 0.29) is 25.4 Å². The minimum absolute atomic E-state index is 0.0108. The number of nitrogens with one attached hydrogen (secondary N) is 1. The van der Waals surface area contributed by atoms with Crippen molar-refractivity contribution < 1.29 is 62.1 Å². The number of hydrogen-bond donors (Lipinski definition) is 2. The van der Waals surface area contributed by atoms with Crippen LogP contribution in [0.4, 0.5) is 0 Å². The van der Waals surface area contributed by atoms with Crippen LogP contribution < -0.4 is 5.32 Å². The van der Waals surface area contributed by atoms with Crippen molar-refractivity contribution in [2.24, 2.45) is 4.99 Å². The van der Waals surface area contributed by atoms with Crippen LogP contribution in [-0.2, 0) is 57.0 Å². The third-order valence-corrected chi connectivity index (χ3v) is 10.6. The number of fused-ring (bicyclic) bond motifs is 3. The first kappa shape index (κ1) is 51.2. The zero-order valence-corrected chi connectivity index (χ0v) is 37.6. The number of carboxylic acid groups (broad SMARTS) is 1. The molecule has 1 aliphatic heterocycles. The monoisotopic (exact) mass is 911 g/mol. The van der Waals surface area contributed by atoms with E-state index in [0.717, 1.165) is 33.2 Å². The first-order valence-corrected chi connectivity index (χ1v) is 22.1. The van der Waals surface area contributed by atoms with Crippen LogP contribution in [0.15, 0.2) is 29.3 Å². The molecule has 20 heteroatoms. The van der Waals surface area contributed by atoms with E-state index in [0.29, 0.717) is 143 Å². The van der Waals surface area contributed by atoms with Gasteiger partial charge in [0.15, 0.2) is 5.82 Å². The summed E-state index contributed by atoms with van der Waals surface area (Å²) in [6, 6.07) is 7.07. The number of aliphatic imine (C=N–C) groups is 1. The van der Waals surface area contributed by atoms with Gasteiger partial charge in [0.1, 0.15) is 16.9 Å². The van der Waals surface area contributed by atoms with Crippen molar-refractivity contribution in [1.29, 1.82) is 0 Å². The quantitative estimate of drug-likeness (QED) is 0.0794. The molecule has 0 spiro atoms. The first-order chi connectivity index (χ1) is 30.3. The Morgan fingerprint density at radius 2 is 1.10 bits per heavy atom. The fraction of sp³-hybridized carbons (Fsp3) is 0.643. The summed E-state index contributed by atoms with van der Waals surface area (Å²) in [6.45, 7) is 14.9. The van der Waals surface area contributed by atoms with E-state index in [1.807, 2.05) is 35.8 Å². The van der Waals surface area contributed by atoms with Crippen molar-refractivity contribution in [2.45, 2.75) is 39.7 Å². The van der Waals surface area contributed by atoms with Crippen molar-refractivity contribution in [3.63, 3.8) is 0 Å². The molecule has 1 aromatic carbocycles. The molecule has 1 amide bonds. The van der Waals surface area contributed by atoms with Crippen LogP contribution in [0.25, 0.3) is 5.00 Å². The molecule has 1 aliphatic rings. The van der Waals surface area contributed by atoms with Crippen molar-refractivity contribution in [3.05, 3.63) is 62.5 Å². The van der Waals surface area contributed by atoms with Gasteiger partial charge in [-0.3, -0.25) is 19.1 Å². The topological polar surface area (TPSA) is 202 Å². The molecule has 0 unspecified atom stereocenters. The Morgan fingerprint density at radius 1 is 0.661 bits per heavy atom. The van der Waals surface area contributed by atoms with E-state index in [2.05, 4.69) is 29.4 Å². The lowest BCUT2D eigenvalue weighted by Crippen LogP contribution is -2.29. The molecule has 3 heterocycles. The highest BCUT2D eigenvalue weighted by Crippen LogP contribution is 2.39.